The Bertz CT molecular complexity index is 3120. The molecule has 10 aromatic rings. The second-order valence-electron chi connectivity index (χ2n) is 15.3. The van der Waals surface area contributed by atoms with Crippen LogP contribution < -0.4 is 10.1 Å². The number of para-hydroxylation sites is 4. The lowest BCUT2D eigenvalue weighted by atomic mass is 9.65. The van der Waals surface area contributed by atoms with Crippen molar-refractivity contribution in [3.63, 3.8) is 0 Å². The quantitative estimate of drug-likeness (QED) is 0.144. The second kappa shape index (κ2) is 14.6. The number of pyridine rings is 1. The van der Waals surface area contributed by atoms with Gasteiger partial charge in [-0.3, -0.25) is 4.57 Å². The van der Waals surface area contributed by atoms with E-state index in [4.69, 9.17) is 9.92 Å². The van der Waals surface area contributed by atoms with Crippen LogP contribution in [0.25, 0.3) is 38.8 Å². The monoisotopic (exact) mass is 772 g/mol. The van der Waals surface area contributed by atoms with E-state index in [2.05, 4.69) is 212 Å². The van der Waals surface area contributed by atoms with Gasteiger partial charge in [0.1, 0.15) is 5.82 Å². The van der Waals surface area contributed by atoms with E-state index in [0.29, 0.717) is 0 Å². The van der Waals surface area contributed by atoms with Crippen molar-refractivity contribution in [1.29, 1.82) is 0 Å². The Hall–Kier alpha value is -7.73. The van der Waals surface area contributed by atoms with Crippen LogP contribution in [-0.4, -0.2) is 9.55 Å². The lowest BCUT2D eigenvalue weighted by Crippen LogP contribution is -2.31. The Morgan fingerprint density at radius 2 is 1.00 bits per heavy atom. The van der Waals surface area contributed by atoms with Gasteiger partial charge in [0.2, 0.25) is 0 Å². The van der Waals surface area contributed by atoms with E-state index in [9.17, 15) is 0 Å². The summed E-state index contributed by atoms with van der Waals surface area (Å²) in [5.41, 5.74) is 13.4. The highest BCUT2D eigenvalue weighted by atomic mass is 16.8. The molecule has 286 valence electrons. The standard InChI is InChI=1S/C55H40N4O/c1-39-18-11-12-27-47(39)40-34-35-56-54(36-40)57-50-29-14-13-28-48(50)49-33-32-44(38-53(49)57)55(41-19-5-2-6-20-41,42-21-7-3-8-22-42)43-23-17-26-46(37-43)59-52-31-16-15-30-51(52)58(60-59)45-24-9-4-10-25-45/h2-38H,1H3. The third kappa shape index (κ3) is 5.70. The fraction of sp³-hybridized carbons (Fsp3) is 0.0364. The molecule has 11 rings (SSSR count). The Kier molecular flexibility index (Phi) is 8.61. The van der Waals surface area contributed by atoms with E-state index in [1.54, 1.807) is 0 Å². The summed E-state index contributed by atoms with van der Waals surface area (Å²) < 4.78 is 2.33. The Morgan fingerprint density at radius 1 is 0.433 bits per heavy atom. The molecule has 3 heterocycles. The summed E-state index contributed by atoms with van der Waals surface area (Å²) in [5.74, 6) is 0.874. The highest BCUT2D eigenvalue weighted by Gasteiger charge is 2.40. The zero-order valence-electron chi connectivity index (χ0n) is 33.1. The number of fused-ring (bicyclic) bond motifs is 4. The topological polar surface area (TPSA) is 33.5 Å². The summed E-state index contributed by atoms with van der Waals surface area (Å²) in [6.45, 7) is 2.16. The van der Waals surface area contributed by atoms with Crippen molar-refractivity contribution >= 4 is 44.6 Å². The maximum atomic E-state index is 6.75. The van der Waals surface area contributed by atoms with Crippen molar-refractivity contribution in [2.75, 3.05) is 10.1 Å². The summed E-state index contributed by atoms with van der Waals surface area (Å²) >= 11 is 0. The molecule has 0 N–H and O–H groups in total. The third-order valence-corrected chi connectivity index (χ3v) is 11.9. The maximum Gasteiger partial charge on any atom is 0.138 e. The van der Waals surface area contributed by atoms with Gasteiger partial charge in [-0.15, -0.1) is 4.94 Å². The number of aryl methyl sites for hydroxylation is 1. The van der Waals surface area contributed by atoms with Crippen molar-refractivity contribution in [3.8, 4) is 16.9 Å². The van der Waals surface area contributed by atoms with Crippen molar-refractivity contribution in [2.45, 2.75) is 12.3 Å². The average molecular weight is 773 g/mol. The number of rotatable bonds is 8. The van der Waals surface area contributed by atoms with Crippen LogP contribution in [0.4, 0.5) is 22.7 Å². The van der Waals surface area contributed by atoms with Crippen LogP contribution in [0.3, 0.4) is 0 Å². The lowest BCUT2D eigenvalue weighted by molar-refractivity contribution is 0.156. The van der Waals surface area contributed by atoms with Gasteiger partial charge in [0.25, 0.3) is 0 Å². The highest BCUT2D eigenvalue weighted by molar-refractivity contribution is 6.09. The largest absolute Gasteiger partial charge is 0.294 e. The van der Waals surface area contributed by atoms with Crippen LogP contribution in [0, 0.1) is 6.92 Å². The predicted octanol–water partition coefficient (Wildman–Crippen LogP) is 13.7. The fourth-order valence-electron chi connectivity index (χ4n) is 9.21. The molecule has 0 radical (unpaired) electrons. The second-order valence-corrected chi connectivity index (χ2v) is 15.3. The maximum absolute atomic E-state index is 6.75. The number of anilines is 4. The molecule has 0 saturated carbocycles. The molecule has 1 aliphatic heterocycles. The molecule has 5 nitrogen and oxygen atoms in total. The van der Waals surface area contributed by atoms with Gasteiger partial charge in [-0.2, -0.15) is 10.1 Å². The van der Waals surface area contributed by atoms with Gasteiger partial charge in [-0.1, -0.05) is 158 Å². The minimum absolute atomic E-state index is 0.733. The first-order valence-electron chi connectivity index (χ1n) is 20.4. The Labute approximate surface area is 349 Å². The molecule has 0 spiro atoms. The van der Waals surface area contributed by atoms with Gasteiger partial charge in [-0.05, 0) is 107 Å². The predicted molar refractivity (Wildman–Crippen MR) is 245 cm³/mol. The number of benzene rings is 8. The smallest absolute Gasteiger partial charge is 0.138 e. The van der Waals surface area contributed by atoms with Crippen molar-refractivity contribution in [1.82, 2.24) is 9.55 Å². The molecular formula is C55H40N4O. The lowest BCUT2D eigenvalue weighted by Gasteiger charge is -2.37. The van der Waals surface area contributed by atoms with E-state index in [1.165, 1.54) is 21.9 Å². The van der Waals surface area contributed by atoms with E-state index in [1.807, 2.05) is 34.5 Å². The molecule has 2 aromatic heterocycles. The van der Waals surface area contributed by atoms with Crippen LogP contribution >= 0.6 is 0 Å². The molecule has 0 fully saturated rings. The van der Waals surface area contributed by atoms with Gasteiger partial charge < -0.3 is 0 Å². The molecule has 8 aromatic carbocycles. The normalized spacial score (nSPS) is 12.6. The molecule has 0 unspecified atom stereocenters. The zero-order chi connectivity index (χ0) is 40.0. The summed E-state index contributed by atoms with van der Waals surface area (Å²) in [7, 11) is 0. The fourth-order valence-corrected chi connectivity index (χ4v) is 9.21. The van der Waals surface area contributed by atoms with E-state index >= 15 is 0 Å². The summed E-state index contributed by atoms with van der Waals surface area (Å²) in [6, 6.07) is 77.7. The molecule has 0 saturated heterocycles. The number of aromatic nitrogens is 2. The van der Waals surface area contributed by atoms with Crippen LogP contribution in [-0.2, 0) is 10.4 Å². The highest BCUT2D eigenvalue weighted by Crippen LogP contribution is 2.50. The van der Waals surface area contributed by atoms with E-state index in [-0.39, 0.29) is 0 Å². The van der Waals surface area contributed by atoms with E-state index < -0.39 is 5.41 Å². The first-order valence-corrected chi connectivity index (χ1v) is 20.4. The minimum atomic E-state index is -0.733. The number of nitrogens with zero attached hydrogens (tertiary/aromatic N) is 4. The van der Waals surface area contributed by atoms with Crippen LogP contribution in [0.15, 0.2) is 225 Å². The molecule has 5 heteroatoms. The molecular weight excluding hydrogens is 733 g/mol. The molecule has 0 atom stereocenters. The van der Waals surface area contributed by atoms with Crippen molar-refractivity contribution in [2.24, 2.45) is 0 Å². The first-order chi connectivity index (χ1) is 29.7. The molecule has 0 aliphatic carbocycles. The zero-order valence-corrected chi connectivity index (χ0v) is 33.1. The van der Waals surface area contributed by atoms with E-state index in [0.717, 1.165) is 67.4 Å². The van der Waals surface area contributed by atoms with Crippen molar-refractivity contribution in [3.05, 3.63) is 252 Å². The van der Waals surface area contributed by atoms with Gasteiger partial charge in [-0.25, -0.2) is 4.98 Å². The summed E-state index contributed by atoms with van der Waals surface area (Å²) in [4.78, 5) is 11.8. The SMILES string of the molecule is Cc1ccccc1-c1ccnc(-n2c3ccccc3c3ccc(C(c4ccccc4)(c4ccccc4)c4cccc(N5ON(c6ccccc6)c6ccccc65)c4)cc32)c1. The molecule has 0 bridgehead atoms. The molecule has 60 heavy (non-hydrogen) atoms. The van der Waals surface area contributed by atoms with Crippen LogP contribution in [0.5, 0.6) is 0 Å². The Balaban J connectivity index is 1.15. The van der Waals surface area contributed by atoms with Gasteiger partial charge in [0.05, 0.1) is 39.2 Å². The Morgan fingerprint density at radius 3 is 1.73 bits per heavy atom. The number of hydrogen-bond donors (Lipinski definition) is 0. The summed E-state index contributed by atoms with van der Waals surface area (Å²) in [6.07, 6.45) is 1.93. The third-order valence-electron chi connectivity index (χ3n) is 11.9. The summed E-state index contributed by atoms with van der Waals surface area (Å²) in [5, 5.41) is 6.20. The first kappa shape index (κ1) is 35.4. The van der Waals surface area contributed by atoms with Crippen LogP contribution in [0.2, 0.25) is 0 Å². The van der Waals surface area contributed by atoms with Crippen LogP contribution in [0.1, 0.15) is 27.8 Å². The molecule has 0 amide bonds. The van der Waals surface area contributed by atoms with Crippen molar-refractivity contribution < 1.29 is 4.94 Å². The average Bonchev–Trinajstić information content (AvgIpc) is 3.87. The minimum Gasteiger partial charge on any atom is -0.294 e. The van der Waals surface area contributed by atoms with Gasteiger partial charge >= 0.3 is 0 Å². The molecule has 1 aliphatic rings. The van der Waals surface area contributed by atoms with Gasteiger partial charge in [0, 0.05) is 17.0 Å². The van der Waals surface area contributed by atoms with Gasteiger partial charge in [0.15, 0.2) is 0 Å². The number of hydrogen-bond acceptors (Lipinski definition) is 4.